The van der Waals surface area contributed by atoms with Crippen LogP contribution in [0.25, 0.3) is 0 Å². The van der Waals surface area contributed by atoms with Crippen molar-refractivity contribution in [1.82, 2.24) is 20.2 Å². The summed E-state index contributed by atoms with van der Waals surface area (Å²) in [5, 5.41) is 23.9. The van der Waals surface area contributed by atoms with Crippen molar-refractivity contribution in [2.45, 2.75) is 43.5 Å². The Labute approximate surface area is 176 Å². The number of rotatable bonds is 4. The Morgan fingerprint density at radius 3 is 2.97 bits per heavy atom. The number of thioether (sulfide) groups is 1. The van der Waals surface area contributed by atoms with Crippen molar-refractivity contribution in [3.8, 4) is 6.07 Å². The molecule has 1 aliphatic heterocycles. The molecule has 0 saturated heterocycles. The summed E-state index contributed by atoms with van der Waals surface area (Å²) < 4.78 is 7.36. The summed E-state index contributed by atoms with van der Waals surface area (Å²) in [6.07, 6.45) is 1.05. The number of allylic oxidation sites excluding steroid dienone is 3. The molecule has 2 aliphatic rings. The molecule has 0 aromatic carbocycles. The van der Waals surface area contributed by atoms with E-state index in [1.54, 1.807) is 11.7 Å². The van der Waals surface area contributed by atoms with Crippen molar-refractivity contribution >= 4 is 28.9 Å². The number of hydrogen-bond acceptors (Lipinski definition) is 9. The standard InChI is InChI=1S/C19H20N6O2S2/c1-19(2)5-12(26)16-13(6-19)27-17(21)11(7-20)15(16)14-4-10(8-28-14)9-29-18-22-23-24-25(18)3/h4,8,15H,5-6,9,21H2,1-3H3. The molecule has 0 saturated carbocycles. The Morgan fingerprint density at radius 2 is 2.28 bits per heavy atom. The number of aryl methyl sites for hydroxylation is 1. The van der Waals surface area contributed by atoms with Gasteiger partial charge >= 0.3 is 0 Å². The van der Waals surface area contributed by atoms with E-state index in [-0.39, 0.29) is 17.1 Å². The lowest BCUT2D eigenvalue weighted by Crippen LogP contribution is -2.33. The van der Waals surface area contributed by atoms with Crippen LogP contribution in [0.2, 0.25) is 0 Å². The molecule has 1 atom stereocenters. The number of ketones is 1. The van der Waals surface area contributed by atoms with E-state index in [1.807, 2.05) is 25.3 Å². The molecule has 0 fully saturated rings. The van der Waals surface area contributed by atoms with E-state index in [2.05, 4.69) is 21.6 Å². The first-order valence-electron chi connectivity index (χ1n) is 9.05. The van der Waals surface area contributed by atoms with Gasteiger partial charge in [-0.15, -0.1) is 16.4 Å². The van der Waals surface area contributed by atoms with Crippen LogP contribution in [0, 0.1) is 16.7 Å². The van der Waals surface area contributed by atoms with Gasteiger partial charge in [0.1, 0.15) is 17.4 Å². The van der Waals surface area contributed by atoms with Crippen molar-refractivity contribution in [2.75, 3.05) is 0 Å². The Kier molecular flexibility index (Phi) is 4.96. The van der Waals surface area contributed by atoms with E-state index >= 15 is 0 Å². The van der Waals surface area contributed by atoms with Gasteiger partial charge in [-0.05, 0) is 32.9 Å². The predicted molar refractivity (Wildman–Crippen MR) is 108 cm³/mol. The monoisotopic (exact) mass is 428 g/mol. The third kappa shape index (κ3) is 3.68. The number of tetrazole rings is 1. The molecule has 150 valence electrons. The summed E-state index contributed by atoms with van der Waals surface area (Å²) in [4.78, 5) is 13.9. The van der Waals surface area contributed by atoms with E-state index in [0.29, 0.717) is 35.5 Å². The van der Waals surface area contributed by atoms with Crippen LogP contribution in [0.15, 0.2) is 39.4 Å². The minimum Gasteiger partial charge on any atom is -0.444 e. The Balaban J connectivity index is 1.66. The van der Waals surface area contributed by atoms with Crippen LogP contribution in [0.3, 0.4) is 0 Å². The highest BCUT2D eigenvalue weighted by atomic mass is 32.2. The molecule has 0 radical (unpaired) electrons. The van der Waals surface area contributed by atoms with Crippen LogP contribution in [-0.2, 0) is 22.3 Å². The van der Waals surface area contributed by atoms with Gasteiger partial charge in [-0.25, -0.2) is 4.68 Å². The molecule has 2 aromatic heterocycles. The summed E-state index contributed by atoms with van der Waals surface area (Å²) in [6, 6.07) is 4.19. The van der Waals surface area contributed by atoms with E-state index in [0.717, 1.165) is 15.6 Å². The zero-order chi connectivity index (χ0) is 20.8. The molecule has 8 nitrogen and oxygen atoms in total. The zero-order valence-corrected chi connectivity index (χ0v) is 17.9. The number of carbonyl (C=O) groups excluding carboxylic acids is 1. The summed E-state index contributed by atoms with van der Waals surface area (Å²) in [7, 11) is 1.79. The minimum atomic E-state index is -0.465. The second kappa shape index (κ2) is 7.31. The maximum Gasteiger partial charge on any atom is 0.209 e. The van der Waals surface area contributed by atoms with Gasteiger partial charge in [0, 0.05) is 36.1 Å². The van der Waals surface area contributed by atoms with Crippen LogP contribution < -0.4 is 5.73 Å². The fraction of sp³-hybridized carbons (Fsp3) is 0.421. The van der Waals surface area contributed by atoms with Crippen molar-refractivity contribution < 1.29 is 9.53 Å². The lowest BCUT2D eigenvalue weighted by molar-refractivity contribution is -0.119. The van der Waals surface area contributed by atoms with Crippen molar-refractivity contribution in [1.29, 1.82) is 5.26 Å². The van der Waals surface area contributed by atoms with Crippen LogP contribution in [-0.4, -0.2) is 26.0 Å². The first kappa shape index (κ1) is 19.7. The number of hydrogen-bond donors (Lipinski definition) is 1. The molecule has 0 amide bonds. The third-order valence-electron chi connectivity index (χ3n) is 4.98. The van der Waals surface area contributed by atoms with Gasteiger partial charge in [-0.2, -0.15) is 5.26 Å². The third-order valence-corrected chi connectivity index (χ3v) is 7.11. The highest BCUT2D eigenvalue weighted by molar-refractivity contribution is 7.98. The fourth-order valence-electron chi connectivity index (χ4n) is 3.68. The highest BCUT2D eigenvalue weighted by Gasteiger charge is 2.43. The van der Waals surface area contributed by atoms with Gasteiger partial charge in [0.05, 0.1) is 5.92 Å². The summed E-state index contributed by atoms with van der Waals surface area (Å²) in [5.41, 5.74) is 7.84. The van der Waals surface area contributed by atoms with Crippen LogP contribution >= 0.6 is 23.1 Å². The molecule has 1 unspecified atom stereocenters. The smallest absolute Gasteiger partial charge is 0.209 e. The van der Waals surface area contributed by atoms with Gasteiger partial charge in [0.25, 0.3) is 0 Å². The molecular weight excluding hydrogens is 408 g/mol. The molecule has 0 bridgehead atoms. The number of aromatic nitrogens is 4. The molecule has 2 N–H and O–H groups in total. The number of carbonyl (C=O) groups is 1. The second-order valence-corrected chi connectivity index (χ2v) is 9.82. The number of nitrogens with zero attached hydrogens (tertiary/aromatic N) is 5. The Hall–Kier alpha value is -2.64. The quantitative estimate of drug-likeness (QED) is 0.738. The number of thiophene rings is 1. The number of ether oxygens (including phenoxy) is 1. The van der Waals surface area contributed by atoms with E-state index in [1.165, 1.54) is 23.1 Å². The van der Waals surface area contributed by atoms with Crippen LogP contribution in [0.4, 0.5) is 0 Å². The maximum absolute atomic E-state index is 13.0. The second-order valence-electron chi connectivity index (χ2n) is 7.93. The fourth-order valence-corrected chi connectivity index (χ4v) is 5.60. The van der Waals surface area contributed by atoms with E-state index in [4.69, 9.17) is 10.5 Å². The van der Waals surface area contributed by atoms with E-state index in [9.17, 15) is 10.1 Å². The number of nitrogens with two attached hydrogens (primary N) is 1. The minimum absolute atomic E-state index is 0.0241. The topological polar surface area (TPSA) is 120 Å². The molecule has 3 heterocycles. The first-order chi connectivity index (χ1) is 13.8. The largest absolute Gasteiger partial charge is 0.444 e. The summed E-state index contributed by atoms with van der Waals surface area (Å²) in [5.74, 6) is 0.934. The lowest BCUT2D eigenvalue weighted by Gasteiger charge is -2.36. The molecule has 10 heteroatoms. The normalized spacial score (nSPS) is 21.0. The average Bonchev–Trinajstić information content (AvgIpc) is 3.26. The molecule has 1 aliphatic carbocycles. The highest BCUT2D eigenvalue weighted by Crippen LogP contribution is 2.49. The van der Waals surface area contributed by atoms with Crippen molar-refractivity contribution in [2.24, 2.45) is 18.2 Å². The van der Waals surface area contributed by atoms with Crippen LogP contribution in [0.5, 0.6) is 0 Å². The van der Waals surface area contributed by atoms with Crippen molar-refractivity contribution in [3.63, 3.8) is 0 Å². The predicted octanol–water partition coefficient (Wildman–Crippen LogP) is 3.01. The van der Waals surface area contributed by atoms with Gasteiger partial charge in [0.2, 0.25) is 11.0 Å². The number of nitriles is 1. The van der Waals surface area contributed by atoms with Gasteiger partial charge in [-0.3, -0.25) is 4.79 Å². The van der Waals surface area contributed by atoms with Crippen molar-refractivity contribution in [3.05, 3.63) is 44.7 Å². The van der Waals surface area contributed by atoms with Crippen LogP contribution in [0.1, 0.15) is 43.0 Å². The maximum atomic E-state index is 13.0. The van der Waals surface area contributed by atoms with Gasteiger partial charge in [-0.1, -0.05) is 25.6 Å². The SMILES string of the molecule is Cn1nnnc1SCc1csc(C2C(C#N)=C(N)OC3=C2C(=O)CC(C)(C)C3)c1. The molecule has 2 aromatic rings. The summed E-state index contributed by atoms with van der Waals surface area (Å²) in [6.45, 7) is 4.07. The molecule has 0 spiro atoms. The lowest BCUT2D eigenvalue weighted by atomic mass is 9.71. The molecular formula is C19H20N6O2S2. The average molecular weight is 429 g/mol. The summed E-state index contributed by atoms with van der Waals surface area (Å²) >= 11 is 3.05. The Morgan fingerprint density at radius 1 is 1.48 bits per heavy atom. The van der Waals surface area contributed by atoms with Gasteiger partial charge in [0.15, 0.2) is 5.78 Å². The zero-order valence-electron chi connectivity index (χ0n) is 16.3. The molecule has 29 heavy (non-hydrogen) atoms. The van der Waals surface area contributed by atoms with Gasteiger partial charge < -0.3 is 10.5 Å². The van der Waals surface area contributed by atoms with E-state index < -0.39 is 5.92 Å². The number of Topliss-reactive ketones (excluding diaryl/α,β-unsaturated/α-hetero) is 1. The first-order valence-corrected chi connectivity index (χ1v) is 10.9. The Bertz CT molecular complexity index is 1090. The molecule has 4 rings (SSSR count).